The predicted octanol–water partition coefficient (Wildman–Crippen LogP) is 1.78. The smallest absolute Gasteiger partial charge is 0.117 e. The highest BCUT2D eigenvalue weighted by Gasteiger charge is 2.20. The van der Waals surface area contributed by atoms with Crippen LogP contribution in [0.3, 0.4) is 0 Å². The Bertz CT molecular complexity index is 272. The molecule has 13 heavy (non-hydrogen) atoms. The van der Waals surface area contributed by atoms with Gasteiger partial charge in [-0.05, 0) is 19.4 Å². The summed E-state index contributed by atoms with van der Waals surface area (Å²) in [5, 5.41) is 8.92. The summed E-state index contributed by atoms with van der Waals surface area (Å²) in [6.45, 7) is 4.05. The van der Waals surface area contributed by atoms with Gasteiger partial charge in [0.15, 0.2) is 0 Å². The molecule has 0 saturated carbocycles. The van der Waals surface area contributed by atoms with Crippen molar-refractivity contribution in [1.29, 1.82) is 5.26 Å². The van der Waals surface area contributed by atoms with Gasteiger partial charge in [-0.25, -0.2) is 0 Å². The summed E-state index contributed by atoms with van der Waals surface area (Å²) >= 11 is 0. The number of allylic oxidation sites excluding steroid dienone is 2. The van der Waals surface area contributed by atoms with Gasteiger partial charge in [0.1, 0.15) is 6.17 Å². The zero-order chi connectivity index (χ0) is 9.84. The van der Waals surface area contributed by atoms with E-state index in [4.69, 9.17) is 5.26 Å². The molecule has 0 aromatic carbocycles. The van der Waals surface area contributed by atoms with Crippen molar-refractivity contribution in [2.24, 2.45) is 10.9 Å². The molecule has 0 saturated heterocycles. The normalized spacial score (nSPS) is 23.7. The van der Waals surface area contributed by atoms with Gasteiger partial charge >= 0.3 is 0 Å². The number of rotatable bonds is 2. The molecule has 0 aliphatic carbocycles. The zero-order valence-corrected chi connectivity index (χ0v) is 8.36. The molecule has 1 aliphatic heterocycles. The van der Waals surface area contributed by atoms with Gasteiger partial charge in [0, 0.05) is 19.0 Å². The standard InChI is InChI=1S/C10H15N3/c1-4-9(7-11)10-5-6-12-8(2)13(10)3/h5-6,8-9H,4H2,1-3H3. The maximum Gasteiger partial charge on any atom is 0.117 e. The molecule has 0 fully saturated rings. The molecule has 2 atom stereocenters. The molecular formula is C10H15N3. The van der Waals surface area contributed by atoms with Crippen LogP contribution < -0.4 is 0 Å². The first-order chi connectivity index (χ1) is 6.20. The van der Waals surface area contributed by atoms with Crippen LogP contribution in [0, 0.1) is 17.2 Å². The van der Waals surface area contributed by atoms with Crippen molar-refractivity contribution in [3.8, 4) is 6.07 Å². The van der Waals surface area contributed by atoms with E-state index in [-0.39, 0.29) is 12.1 Å². The van der Waals surface area contributed by atoms with E-state index < -0.39 is 0 Å². The molecule has 1 rings (SSSR count). The summed E-state index contributed by atoms with van der Waals surface area (Å²) in [5.41, 5.74) is 1.08. The Kier molecular flexibility index (Phi) is 3.07. The fourth-order valence-electron chi connectivity index (χ4n) is 1.41. The molecule has 70 valence electrons. The Morgan fingerprint density at radius 1 is 1.77 bits per heavy atom. The van der Waals surface area contributed by atoms with Crippen LogP contribution in [0.25, 0.3) is 0 Å². The summed E-state index contributed by atoms with van der Waals surface area (Å²) in [6, 6.07) is 2.30. The van der Waals surface area contributed by atoms with Crippen LogP contribution in [-0.2, 0) is 0 Å². The van der Waals surface area contributed by atoms with E-state index in [2.05, 4.69) is 16.0 Å². The van der Waals surface area contributed by atoms with Gasteiger partial charge in [0.2, 0.25) is 0 Å². The number of aliphatic imine (C=N–C) groups is 1. The Labute approximate surface area is 79.4 Å². The number of nitriles is 1. The minimum atomic E-state index is -0.000741. The molecule has 3 heteroatoms. The average Bonchev–Trinajstić information content (AvgIpc) is 2.14. The van der Waals surface area contributed by atoms with Gasteiger partial charge in [0.25, 0.3) is 0 Å². The Balaban J connectivity index is 2.85. The first kappa shape index (κ1) is 9.79. The van der Waals surface area contributed by atoms with Gasteiger partial charge in [-0.3, -0.25) is 4.99 Å². The van der Waals surface area contributed by atoms with Crippen LogP contribution in [0.1, 0.15) is 20.3 Å². The molecule has 0 N–H and O–H groups in total. The van der Waals surface area contributed by atoms with E-state index in [1.807, 2.05) is 27.0 Å². The number of nitrogens with zero attached hydrogens (tertiary/aromatic N) is 3. The first-order valence-electron chi connectivity index (χ1n) is 4.56. The molecule has 3 nitrogen and oxygen atoms in total. The zero-order valence-electron chi connectivity index (χ0n) is 8.36. The van der Waals surface area contributed by atoms with Crippen molar-refractivity contribution >= 4 is 6.21 Å². The Morgan fingerprint density at radius 3 is 3.00 bits per heavy atom. The lowest BCUT2D eigenvalue weighted by atomic mass is 10.0. The molecule has 0 radical (unpaired) electrons. The maximum atomic E-state index is 8.92. The molecule has 0 amide bonds. The van der Waals surface area contributed by atoms with Crippen molar-refractivity contribution < 1.29 is 0 Å². The fourth-order valence-corrected chi connectivity index (χ4v) is 1.41. The number of hydrogen-bond donors (Lipinski definition) is 0. The molecule has 1 aliphatic rings. The van der Waals surface area contributed by atoms with Crippen molar-refractivity contribution in [1.82, 2.24) is 4.90 Å². The van der Waals surface area contributed by atoms with Gasteiger partial charge in [-0.2, -0.15) is 5.26 Å². The van der Waals surface area contributed by atoms with Crippen molar-refractivity contribution in [3.63, 3.8) is 0 Å². The molecule has 0 spiro atoms. The van der Waals surface area contributed by atoms with E-state index in [0.29, 0.717) is 0 Å². The molecule has 0 bridgehead atoms. The second kappa shape index (κ2) is 4.08. The van der Waals surface area contributed by atoms with Crippen LogP contribution in [0.4, 0.5) is 0 Å². The van der Waals surface area contributed by atoms with E-state index in [0.717, 1.165) is 12.1 Å². The fraction of sp³-hybridized carbons (Fsp3) is 0.600. The molecular weight excluding hydrogens is 162 g/mol. The summed E-state index contributed by atoms with van der Waals surface area (Å²) in [6.07, 6.45) is 4.73. The molecule has 1 heterocycles. The average molecular weight is 177 g/mol. The summed E-state index contributed by atoms with van der Waals surface area (Å²) in [7, 11) is 1.98. The lowest BCUT2D eigenvalue weighted by Gasteiger charge is -2.30. The van der Waals surface area contributed by atoms with E-state index >= 15 is 0 Å². The van der Waals surface area contributed by atoms with Crippen LogP contribution in [0.5, 0.6) is 0 Å². The molecule has 2 unspecified atom stereocenters. The monoisotopic (exact) mass is 177 g/mol. The van der Waals surface area contributed by atoms with Crippen molar-refractivity contribution in [3.05, 3.63) is 11.8 Å². The molecule has 0 aromatic heterocycles. The van der Waals surface area contributed by atoms with E-state index in [1.54, 1.807) is 6.21 Å². The maximum absolute atomic E-state index is 8.92. The lowest BCUT2D eigenvalue weighted by molar-refractivity contribution is 0.302. The summed E-state index contributed by atoms with van der Waals surface area (Å²) in [5.74, 6) is -0.000741. The highest BCUT2D eigenvalue weighted by atomic mass is 15.2. The highest BCUT2D eigenvalue weighted by molar-refractivity contribution is 5.73. The third kappa shape index (κ3) is 1.89. The quantitative estimate of drug-likeness (QED) is 0.645. The summed E-state index contributed by atoms with van der Waals surface area (Å²) < 4.78 is 0. The third-order valence-electron chi connectivity index (χ3n) is 2.44. The van der Waals surface area contributed by atoms with Crippen molar-refractivity contribution in [2.75, 3.05) is 7.05 Å². The second-order valence-corrected chi connectivity index (χ2v) is 3.22. The Hall–Kier alpha value is -1.30. The minimum absolute atomic E-state index is 0.000741. The molecule has 0 aromatic rings. The number of hydrogen-bond acceptors (Lipinski definition) is 3. The minimum Gasteiger partial charge on any atom is -0.355 e. The van der Waals surface area contributed by atoms with Crippen molar-refractivity contribution in [2.45, 2.75) is 26.4 Å². The SMILES string of the molecule is CCC(C#N)C1=CC=NC(C)N1C. The Morgan fingerprint density at radius 2 is 2.46 bits per heavy atom. The van der Waals surface area contributed by atoms with Gasteiger partial charge in [0.05, 0.1) is 12.0 Å². The van der Waals surface area contributed by atoms with Gasteiger partial charge in [-0.15, -0.1) is 0 Å². The predicted molar refractivity (Wildman–Crippen MR) is 53.2 cm³/mol. The van der Waals surface area contributed by atoms with E-state index in [1.165, 1.54) is 0 Å². The topological polar surface area (TPSA) is 39.4 Å². The highest BCUT2D eigenvalue weighted by Crippen LogP contribution is 2.21. The van der Waals surface area contributed by atoms with Gasteiger partial charge in [-0.1, -0.05) is 6.92 Å². The van der Waals surface area contributed by atoms with Crippen LogP contribution in [0.15, 0.2) is 16.8 Å². The van der Waals surface area contributed by atoms with E-state index in [9.17, 15) is 0 Å². The van der Waals surface area contributed by atoms with Gasteiger partial charge < -0.3 is 4.90 Å². The van der Waals surface area contributed by atoms with Crippen LogP contribution in [-0.4, -0.2) is 24.3 Å². The lowest BCUT2D eigenvalue weighted by Crippen LogP contribution is -2.32. The second-order valence-electron chi connectivity index (χ2n) is 3.22. The summed E-state index contributed by atoms with van der Waals surface area (Å²) in [4.78, 5) is 6.28. The largest absolute Gasteiger partial charge is 0.355 e. The van der Waals surface area contributed by atoms with Crippen LogP contribution in [0.2, 0.25) is 0 Å². The third-order valence-corrected chi connectivity index (χ3v) is 2.44. The first-order valence-corrected chi connectivity index (χ1v) is 4.56. The van der Waals surface area contributed by atoms with Crippen LogP contribution >= 0.6 is 0 Å².